The quantitative estimate of drug-likeness (QED) is 0.545. The highest BCUT2D eigenvalue weighted by atomic mass is 31.1. The maximum atomic E-state index is 11.0. The highest BCUT2D eigenvalue weighted by Crippen LogP contribution is 2.16. The minimum absolute atomic E-state index is 0.0224. The predicted octanol–water partition coefficient (Wildman–Crippen LogP) is 1.60. The number of amides is 1. The number of hydrogen-bond acceptors (Lipinski definition) is 2. The summed E-state index contributed by atoms with van der Waals surface area (Å²) in [6, 6.07) is 0. The Morgan fingerprint density at radius 1 is 1.30 bits per heavy atom. The van der Waals surface area contributed by atoms with Gasteiger partial charge in [0.2, 0.25) is 5.91 Å². The molecule has 0 N–H and O–H groups in total. The summed E-state index contributed by atoms with van der Waals surface area (Å²) in [5.41, 5.74) is 0. The topological polar surface area (TPSA) is 37.4 Å². The summed E-state index contributed by atoms with van der Waals surface area (Å²) in [6.07, 6.45) is 3.58. The largest absolute Gasteiger partial charge is 0.284 e. The minimum Gasteiger partial charge on any atom is -0.274 e. The molecule has 3 nitrogen and oxygen atoms in total. The summed E-state index contributed by atoms with van der Waals surface area (Å²) in [5, 5.41) is 0. The van der Waals surface area contributed by atoms with E-state index in [0.29, 0.717) is 13.0 Å². The summed E-state index contributed by atoms with van der Waals surface area (Å²) in [4.78, 5) is 11.0. The summed E-state index contributed by atoms with van der Waals surface area (Å²) in [7, 11) is -0.141. The van der Waals surface area contributed by atoms with Gasteiger partial charge in [0.1, 0.15) is 0 Å². The van der Waals surface area contributed by atoms with Crippen molar-refractivity contribution in [2.75, 3.05) is 6.54 Å². The molecule has 0 saturated carbocycles. The first-order valence-corrected chi connectivity index (χ1v) is 4.25. The van der Waals surface area contributed by atoms with Gasteiger partial charge in [-0.1, -0.05) is 6.42 Å². The van der Waals surface area contributed by atoms with Gasteiger partial charge in [-0.2, -0.15) is 0 Å². The van der Waals surface area contributed by atoms with Crippen molar-refractivity contribution in [1.29, 1.82) is 0 Å². The Morgan fingerprint density at radius 2 is 2.10 bits per heavy atom. The van der Waals surface area contributed by atoms with E-state index >= 15 is 0 Å². The molecule has 0 bridgehead atoms. The third-order valence-corrected chi connectivity index (χ3v) is 2.27. The molecule has 0 atom stereocenters. The molecule has 0 aliphatic carbocycles. The Hall–Kier alpha value is -0.430. The lowest BCUT2D eigenvalue weighted by Crippen LogP contribution is -2.19. The summed E-state index contributed by atoms with van der Waals surface area (Å²) in [6.45, 7) is 0.657. The number of nitrogens with zero attached hydrogens (tertiary/aromatic N) is 1. The second-order valence-corrected chi connectivity index (χ2v) is 3.06. The van der Waals surface area contributed by atoms with Crippen molar-refractivity contribution < 1.29 is 9.36 Å². The van der Waals surface area contributed by atoms with Gasteiger partial charge in [-0.3, -0.25) is 9.46 Å². The van der Waals surface area contributed by atoms with Crippen LogP contribution >= 0.6 is 8.61 Å². The zero-order chi connectivity index (χ0) is 7.40. The third-order valence-electron chi connectivity index (χ3n) is 1.65. The van der Waals surface area contributed by atoms with E-state index in [1.165, 1.54) is 4.67 Å². The number of hydrogen-bond donors (Lipinski definition) is 0. The van der Waals surface area contributed by atoms with E-state index in [9.17, 15) is 9.36 Å². The molecule has 0 spiro atoms. The molecule has 0 radical (unpaired) electrons. The molecule has 1 amide bonds. The molecule has 56 valence electrons. The molecule has 0 aromatic rings. The zero-order valence-corrected chi connectivity index (χ0v) is 6.64. The highest BCUT2D eigenvalue weighted by molar-refractivity contribution is 7.21. The van der Waals surface area contributed by atoms with E-state index < -0.39 is 0 Å². The molecule has 0 aromatic carbocycles. The van der Waals surface area contributed by atoms with Crippen molar-refractivity contribution in [2.24, 2.45) is 0 Å². The molecular weight excluding hydrogens is 149 g/mol. The molecule has 10 heavy (non-hydrogen) atoms. The van der Waals surface area contributed by atoms with Crippen LogP contribution in [0.1, 0.15) is 25.7 Å². The first-order valence-electron chi connectivity index (χ1n) is 3.48. The molecule has 1 aliphatic rings. The van der Waals surface area contributed by atoms with Crippen LogP contribution in [-0.4, -0.2) is 17.1 Å². The van der Waals surface area contributed by atoms with Gasteiger partial charge in [0.25, 0.3) is 8.61 Å². The smallest absolute Gasteiger partial charge is 0.274 e. The highest BCUT2D eigenvalue weighted by Gasteiger charge is 2.15. The summed E-state index contributed by atoms with van der Waals surface area (Å²) in [5.74, 6) is 0.0224. The SMILES string of the molecule is O=PN1CCCCCC1=O. The predicted molar refractivity (Wildman–Crippen MR) is 37.8 cm³/mol. The Bertz CT molecular complexity index is 149. The van der Waals surface area contributed by atoms with Gasteiger partial charge < -0.3 is 0 Å². The lowest BCUT2D eigenvalue weighted by atomic mass is 10.2. The van der Waals surface area contributed by atoms with E-state index in [0.717, 1.165) is 19.3 Å². The van der Waals surface area contributed by atoms with Crippen molar-refractivity contribution in [3.8, 4) is 0 Å². The molecule has 1 rings (SSSR count). The molecular formula is C6H10NO2P. The van der Waals surface area contributed by atoms with Crippen LogP contribution in [0, 0.1) is 0 Å². The van der Waals surface area contributed by atoms with Crippen LogP contribution in [-0.2, 0) is 9.36 Å². The van der Waals surface area contributed by atoms with Gasteiger partial charge in [-0.05, 0) is 12.8 Å². The van der Waals surface area contributed by atoms with E-state index in [1.54, 1.807) is 0 Å². The van der Waals surface area contributed by atoms with Crippen molar-refractivity contribution in [3.63, 3.8) is 0 Å². The van der Waals surface area contributed by atoms with Crippen LogP contribution in [0.15, 0.2) is 0 Å². The first kappa shape index (κ1) is 7.67. The molecule has 4 heteroatoms. The molecule has 0 aromatic heterocycles. The van der Waals surface area contributed by atoms with Crippen LogP contribution in [0.2, 0.25) is 0 Å². The van der Waals surface area contributed by atoms with Gasteiger partial charge in [0.15, 0.2) is 0 Å². The van der Waals surface area contributed by atoms with Crippen molar-refractivity contribution in [3.05, 3.63) is 0 Å². The van der Waals surface area contributed by atoms with Crippen LogP contribution in [0.4, 0.5) is 0 Å². The van der Waals surface area contributed by atoms with Crippen LogP contribution in [0.25, 0.3) is 0 Å². The Morgan fingerprint density at radius 3 is 2.80 bits per heavy atom. The number of carbonyl (C=O) groups is 1. The summed E-state index contributed by atoms with van der Waals surface area (Å²) >= 11 is 0. The average Bonchev–Trinajstić information content (AvgIpc) is 2.13. The molecule has 1 saturated heterocycles. The molecule has 0 unspecified atom stereocenters. The molecule has 1 fully saturated rings. The van der Waals surface area contributed by atoms with Crippen molar-refractivity contribution in [2.45, 2.75) is 25.7 Å². The van der Waals surface area contributed by atoms with Gasteiger partial charge in [-0.25, -0.2) is 4.57 Å². The van der Waals surface area contributed by atoms with Crippen LogP contribution in [0.3, 0.4) is 0 Å². The fourth-order valence-corrected chi connectivity index (χ4v) is 1.47. The first-order chi connectivity index (χ1) is 4.84. The van der Waals surface area contributed by atoms with E-state index in [2.05, 4.69) is 0 Å². The van der Waals surface area contributed by atoms with Gasteiger partial charge in [0, 0.05) is 13.0 Å². The maximum absolute atomic E-state index is 11.0. The second-order valence-electron chi connectivity index (χ2n) is 2.41. The Labute approximate surface area is 61.7 Å². The average molecular weight is 159 g/mol. The molecule has 1 aliphatic heterocycles. The fourth-order valence-electron chi connectivity index (χ4n) is 1.05. The van der Waals surface area contributed by atoms with Crippen molar-refractivity contribution >= 4 is 14.5 Å². The number of rotatable bonds is 1. The van der Waals surface area contributed by atoms with Crippen LogP contribution in [0.5, 0.6) is 0 Å². The van der Waals surface area contributed by atoms with Crippen molar-refractivity contribution in [1.82, 2.24) is 4.67 Å². The standard InChI is InChI=1S/C6H10NO2P/c8-6-4-2-1-3-5-7(6)10-9/h1-5H2. The lowest BCUT2D eigenvalue weighted by molar-refractivity contribution is -0.125. The Balaban J connectivity index is 2.51. The lowest BCUT2D eigenvalue weighted by Gasteiger charge is -2.08. The minimum atomic E-state index is -0.141. The molecule has 1 heterocycles. The third kappa shape index (κ3) is 1.77. The Kier molecular flexibility index (Phi) is 2.82. The maximum Gasteiger partial charge on any atom is 0.284 e. The van der Waals surface area contributed by atoms with E-state index in [4.69, 9.17) is 0 Å². The van der Waals surface area contributed by atoms with Gasteiger partial charge in [-0.15, -0.1) is 0 Å². The van der Waals surface area contributed by atoms with Gasteiger partial charge in [0.05, 0.1) is 0 Å². The fraction of sp³-hybridized carbons (Fsp3) is 0.833. The number of carbonyl (C=O) groups excluding carboxylic acids is 1. The van der Waals surface area contributed by atoms with E-state index in [-0.39, 0.29) is 14.5 Å². The normalized spacial score (nSPS) is 21.2. The van der Waals surface area contributed by atoms with E-state index in [1.807, 2.05) is 0 Å². The monoisotopic (exact) mass is 159 g/mol. The van der Waals surface area contributed by atoms with Gasteiger partial charge >= 0.3 is 0 Å². The zero-order valence-electron chi connectivity index (χ0n) is 5.75. The second kappa shape index (κ2) is 3.67. The summed E-state index contributed by atoms with van der Waals surface area (Å²) < 4.78 is 11.7. The van der Waals surface area contributed by atoms with Crippen LogP contribution < -0.4 is 0 Å².